The summed E-state index contributed by atoms with van der Waals surface area (Å²) in [5, 5.41) is 7.11. The third-order valence-corrected chi connectivity index (χ3v) is 5.82. The molecule has 0 fully saturated rings. The minimum Gasteiger partial charge on any atom is -0.294 e. The van der Waals surface area contributed by atoms with Gasteiger partial charge in [-0.25, -0.2) is 9.67 Å². The van der Waals surface area contributed by atoms with Crippen molar-refractivity contribution >= 4 is 21.6 Å². The average Bonchev–Trinajstić information content (AvgIpc) is 3.39. The van der Waals surface area contributed by atoms with Gasteiger partial charge in [0, 0.05) is 22.7 Å². The molecule has 3 aromatic heterocycles. The summed E-state index contributed by atoms with van der Waals surface area (Å²) in [6, 6.07) is 18.1. The predicted octanol–water partition coefficient (Wildman–Crippen LogP) is 4.67. The number of hydrogen-bond donors (Lipinski definition) is 0. The number of benzene rings is 2. The first kappa shape index (κ1) is 17.6. The number of thiophene rings is 1. The van der Waals surface area contributed by atoms with E-state index in [1.807, 2.05) is 46.6 Å². The van der Waals surface area contributed by atoms with Gasteiger partial charge in [-0.15, -0.1) is 11.3 Å². The first-order chi connectivity index (χ1) is 14.2. The lowest BCUT2D eigenvalue weighted by Gasteiger charge is -2.05. The van der Waals surface area contributed by atoms with Crippen LogP contribution in [0.2, 0.25) is 0 Å². The maximum atomic E-state index is 13.2. The molecule has 0 saturated carbocycles. The zero-order chi connectivity index (χ0) is 19.8. The summed E-state index contributed by atoms with van der Waals surface area (Å²) in [4.78, 5) is 18.5. The van der Waals surface area contributed by atoms with E-state index in [0.717, 1.165) is 27.2 Å². The van der Waals surface area contributed by atoms with Gasteiger partial charge in [-0.05, 0) is 24.6 Å². The van der Waals surface area contributed by atoms with Crippen molar-refractivity contribution in [2.24, 2.45) is 0 Å². The summed E-state index contributed by atoms with van der Waals surface area (Å²) in [5.74, 6) is 0. The van der Waals surface area contributed by atoms with Gasteiger partial charge in [0.05, 0.1) is 30.1 Å². The third-order valence-electron chi connectivity index (χ3n) is 4.93. The van der Waals surface area contributed by atoms with Gasteiger partial charge in [0.1, 0.15) is 4.83 Å². The Morgan fingerprint density at radius 1 is 1.03 bits per heavy atom. The zero-order valence-corrected chi connectivity index (χ0v) is 16.6. The maximum absolute atomic E-state index is 13.2. The van der Waals surface area contributed by atoms with Crippen molar-refractivity contribution in [1.82, 2.24) is 19.3 Å². The van der Waals surface area contributed by atoms with Gasteiger partial charge in [-0.1, -0.05) is 48.0 Å². The molecule has 0 N–H and O–H groups in total. The lowest BCUT2D eigenvalue weighted by molar-refractivity contribution is 0.749. The number of hydrogen-bond acceptors (Lipinski definition) is 4. The molecule has 0 saturated heterocycles. The van der Waals surface area contributed by atoms with E-state index >= 15 is 0 Å². The van der Waals surface area contributed by atoms with Gasteiger partial charge in [0.15, 0.2) is 0 Å². The molecule has 29 heavy (non-hydrogen) atoms. The second-order valence-corrected chi connectivity index (χ2v) is 7.86. The van der Waals surface area contributed by atoms with E-state index in [4.69, 9.17) is 0 Å². The highest BCUT2D eigenvalue weighted by molar-refractivity contribution is 7.17. The van der Waals surface area contributed by atoms with E-state index < -0.39 is 0 Å². The van der Waals surface area contributed by atoms with Crippen LogP contribution < -0.4 is 5.56 Å². The molecule has 0 aliphatic carbocycles. The van der Waals surface area contributed by atoms with Crippen LogP contribution in [-0.4, -0.2) is 19.3 Å². The number of nitrogens with zero attached hydrogens (tertiary/aromatic N) is 4. The molecule has 0 atom stereocenters. The summed E-state index contributed by atoms with van der Waals surface area (Å²) in [6.45, 7) is 2.48. The van der Waals surface area contributed by atoms with Crippen LogP contribution in [0.25, 0.3) is 27.0 Å². The highest BCUT2D eigenvalue weighted by atomic mass is 32.1. The van der Waals surface area contributed by atoms with Crippen LogP contribution in [0.5, 0.6) is 0 Å². The lowest BCUT2D eigenvalue weighted by Crippen LogP contribution is -2.20. The molecule has 0 aliphatic rings. The van der Waals surface area contributed by atoms with Crippen molar-refractivity contribution in [2.75, 3.05) is 0 Å². The number of rotatable bonds is 4. The molecule has 142 valence electrons. The summed E-state index contributed by atoms with van der Waals surface area (Å²) < 4.78 is 3.47. The molecule has 2 aromatic carbocycles. The van der Waals surface area contributed by atoms with Crippen molar-refractivity contribution in [1.29, 1.82) is 0 Å². The summed E-state index contributed by atoms with van der Waals surface area (Å²) in [7, 11) is 0. The Balaban J connectivity index is 1.52. The summed E-state index contributed by atoms with van der Waals surface area (Å²) in [6.07, 6.45) is 5.36. The normalized spacial score (nSPS) is 11.2. The van der Waals surface area contributed by atoms with Crippen LogP contribution in [-0.2, 0) is 6.54 Å². The molecule has 5 nitrogen and oxygen atoms in total. The number of aryl methyl sites for hydroxylation is 1. The average molecular weight is 398 g/mol. The van der Waals surface area contributed by atoms with Gasteiger partial charge in [-0.2, -0.15) is 5.10 Å². The third kappa shape index (κ3) is 3.28. The van der Waals surface area contributed by atoms with Crippen LogP contribution in [0.15, 0.2) is 83.5 Å². The van der Waals surface area contributed by atoms with Crippen molar-refractivity contribution in [3.63, 3.8) is 0 Å². The van der Waals surface area contributed by atoms with E-state index in [9.17, 15) is 4.79 Å². The Labute approximate surface area is 171 Å². The van der Waals surface area contributed by atoms with Crippen molar-refractivity contribution in [3.05, 3.63) is 100 Å². The van der Waals surface area contributed by atoms with Gasteiger partial charge in [0.25, 0.3) is 5.56 Å². The van der Waals surface area contributed by atoms with E-state index in [1.165, 1.54) is 16.9 Å². The molecule has 0 spiro atoms. The van der Waals surface area contributed by atoms with Gasteiger partial charge >= 0.3 is 0 Å². The molecule has 5 rings (SSSR count). The Kier molecular flexibility index (Phi) is 4.33. The first-order valence-corrected chi connectivity index (χ1v) is 10.2. The fourth-order valence-electron chi connectivity index (χ4n) is 3.39. The number of para-hydroxylation sites is 1. The Hall–Kier alpha value is -3.51. The fraction of sp³-hybridized carbons (Fsp3) is 0.0870. The van der Waals surface area contributed by atoms with Crippen molar-refractivity contribution in [2.45, 2.75) is 13.5 Å². The molecule has 0 aliphatic heterocycles. The van der Waals surface area contributed by atoms with Crippen LogP contribution in [0.3, 0.4) is 0 Å². The van der Waals surface area contributed by atoms with Gasteiger partial charge in [0.2, 0.25) is 0 Å². The Morgan fingerprint density at radius 3 is 2.62 bits per heavy atom. The zero-order valence-electron chi connectivity index (χ0n) is 15.8. The monoisotopic (exact) mass is 398 g/mol. The molecule has 0 unspecified atom stereocenters. The maximum Gasteiger partial charge on any atom is 0.263 e. The van der Waals surface area contributed by atoms with E-state index in [2.05, 4.69) is 41.3 Å². The molecule has 6 heteroatoms. The molecule has 0 radical (unpaired) electrons. The molecular weight excluding hydrogens is 380 g/mol. The molecule has 0 bridgehead atoms. The van der Waals surface area contributed by atoms with Crippen LogP contribution >= 0.6 is 11.3 Å². The smallest absolute Gasteiger partial charge is 0.263 e. The summed E-state index contributed by atoms with van der Waals surface area (Å²) in [5.41, 5.74) is 5.08. The van der Waals surface area contributed by atoms with E-state index in [1.54, 1.807) is 17.1 Å². The highest BCUT2D eigenvalue weighted by Crippen LogP contribution is 2.30. The van der Waals surface area contributed by atoms with E-state index in [-0.39, 0.29) is 5.56 Å². The first-order valence-electron chi connectivity index (χ1n) is 9.32. The van der Waals surface area contributed by atoms with Crippen molar-refractivity contribution < 1.29 is 0 Å². The SMILES string of the molecule is Cc1ccc(-c2csc3ncn(Cc4cnn(-c5ccccc5)c4)c(=O)c23)cc1. The quantitative estimate of drug-likeness (QED) is 0.442. The molecule has 3 heterocycles. The predicted molar refractivity (Wildman–Crippen MR) is 117 cm³/mol. The lowest BCUT2D eigenvalue weighted by atomic mass is 10.1. The fourth-order valence-corrected chi connectivity index (χ4v) is 4.29. The minimum absolute atomic E-state index is 0.0284. The second-order valence-electron chi connectivity index (χ2n) is 7.00. The van der Waals surface area contributed by atoms with Gasteiger partial charge in [-0.3, -0.25) is 9.36 Å². The molecular formula is C23H18N4OS. The van der Waals surface area contributed by atoms with Gasteiger partial charge < -0.3 is 0 Å². The van der Waals surface area contributed by atoms with E-state index in [0.29, 0.717) is 11.9 Å². The largest absolute Gasteiger partial charge is 0.294 e. The van der Waals surface area contributed by atoms with Crippen molar-refractivity contribution in [3.8, 4) is 16.8 Å². The Bertz CT molecular complexity index is 1350. The summed E-state index contributed by atoms with van der Waals surface area (Å²) >= 11 is 1.50. The number of fused-ring (bicyclic) bond motifs is 1. The minimum atomic E-state index is -0.0284. The van der Waals surface area contributed by atoms with Crippen LogP contribution in [0.4, 0.5) is 0 Å². The molecule has 5 aromatic rings. The molecule has 0 amide bonds. The standard InChI is InChI=1S/C23H18N4OS/c1-16-7-9-18(10-8-16)20-14-29-22-21(20)23(28)26(15-24-22)12-17-11-25-27(13-17)19-5-3-2-4-6-19/h2-11,13-15H,12H2,1H3. The number of aromatic nitrogens is 4. The second kappa shape index (κ2) is 7.14. The topological polar surface area (TPSA) is 52.7 Å². The Morgan fingerprint density at radius 2 is 1.83 bits per heavy atom. The van der Waals surface area contributed by atoms with Crippen LogP contribution in [0.1, 0.15) is 11.1 Å². The van der Waals surface area contributed by atoms with Crippen LogP contribution in [0, 0.1) is 6.92 Å². The highest BCUT2D eigenvalue weighted by Gasteiger charge is 2.14.